The fourth-order valence-corrected chi connectivity index (χ4v) is 2.05. The molecule has 1 atom stereocenters. The average Bonchev–Trinajstić information content (AvgIpc) is 2.38. The van der Waals surface area contributed by atoms with E-state index in [1.807, 2.05) is 18.2 Å². The molecular weight excluding hydrogens is 226 g/mol. The van der Waals surface area contributed by atoms with Gasteiger partial charge in [0, 0.05) is 12.1 Å². The normalized spacial score (nSPS) is 22.7. The Bertz CT molecular complexity index is 380. The number of ether oxygens (including phenoxy) is 2. The third-order valence-corrected chi connectivity index (χ3v) is 3.27. The summed E-state index contributed by atoms with van der Waals surface area (Å²) in [5, 5.41) is 3.47. The molecule has 0 radical (unpaired) electrons. The molecular formula is C15H23NO2. The Morgan fingerprint density at radius 3 is 2.83 bits per heavy atom. The first-order valence-electron chi connectivity index (χ1n) is 6.68. The third kappa shape index (κ3) is 3.47. The number of nitrogens with one attached hydrogen (secondary N) is 1. The lowest BCUT2D eigenvalue weighted by molar-refractivity contribution is -0.0413. The monoisotopic (exact) mass is 249 g/mol. The maximum absolute atomic E-state index is 5.87. The molecule has 1 saturated heterocycles. The van der Waals surface area contributed by atoms with E-state index >= 15 is 0 Å². The van der Waals surface area contributed by atoms with Gasteiger partial charge in [-0.2, -0.15) is 0 Å². The second kappa shape index (κ2) is 5.72. The Labute approximate surface area is 109 Å². The number of hydrogen-bond donors (Lipinski definition) is 1. The summed E-state index contributed by atoms with van der Waals surface area (Å²) in [6, 6.07) is 8.20. The van der Waals surface area contributed by atoms with E-state index in [4.69, 9.17) is 9.47 Å². The molecule has 2 rings (SSSR count). The summed E-state index contributed by atoms with van der Waals surface area (Å²) in [4.78, 5) is 0. The molecule has 1 N–H and O–H groups in total. The number of aryl methyl sites for hydroxylation is 1. The van der Waals surface area contributed by atoms with Gasteiger partial charge in [0.15, 0.2) is 0 Å². The van der Waals surface area contributed by atoms with Crippen LogP contribution in [0.2, 0.25) is 0 Å². The van der Waals surface area contributed by atoms with E-state index < -0.39 is 0 Å². The number of hydrogen-bond acceptors (Lipinski definition) is 3. The van der Waals surface area contributed by atoms with Crippen molar-refractivity contribution in [2.75, 3.05) is 19.8 Å². The molecule has 0 bridgehead atoms. The Kier molecular flexibility index (Phi) is 4.25. The van der Waals surface area contributed by atoms with Crippen LogP contribution in [0.5, 0.6) is 5.75 Å². The zero-order valence-electron chi connectivity index (χ0n) is 11.5. The standard InChI is InChI=1S/C15H23NO2/c1-4-12-7-5-6-8-14(12)17-10-13-9-16-15(2,3)11-18-13/h5-8,13,16H,4,9-11H2,1-3H3. The van der Waals surface area contributed by atoms with Crippen LogP contribution >= 0.6 is 0 Å². The van der Waals surface area contributed by atoms with Crippen LogP contribution in [-0.4, -0.2) is 31.4 Å². The molecule has 1 fully saturated rings. The Hall–Kier alpha value is -1.06. The zero-order chi connectivity index (χ0) is 13.0. The fraction of sp³-hybridized carbons (Fsp3) is 0.600. The van der Waals surface area contributed by atoms with Crippen LogP contribution in [0.3, 0.4) is 0 Å². The minimum atomic E-state index is 0.0812. The van der Waals surface area contributed by atoms with Gasteiger partial charge in [0.2, 0.25) is 0 Å². The summed E-state index contributed by atoms with van der Waals surface area (Å²) in [6.07, 6.45) is 1.13. The molecule has 1 aliphatic heterocycles. The number of morpholine rings is 1. The highest BCUT2D eigenvalue weighted by Crippen LogP contribution is 2.19. The number of benzene rings is 1. The molecule has 1 aliphatic rings. The predicted molar refractivity (Wildman–Crippen MR) is 73.1 cm³/mol. The van der Waals surface area contributed by atoms with Crippen LogP contribution in [0, 0.1) is 0 Å². The maximum Gasteiger partial charge on any atom is 0.122 e. The maximum atomic E-state index is 5.87. The summed E-state index contributed by atoms with van der Waals surface area (Å²) in [6.45, 7) is 8.63. The van der Waals surface area contributed by atoms with E-state index in [-0.39, 0.29) is 11.6 Å². The zero-order valence-corrected chi connectivity index (χ0v) is 11.5. The van der Waals surface area contributed by atoms with E-state index in [0.717, 1.165) is 25.3 Å². The van der Waals surface area contributed by atoms with Gasteiger partial charge in [-0.15, -0.1) is 0 Å². The van der Waals surface area contributed by atoms with Gasteiger partial charge in [-0.3, -0.25) is 0 Å². The minimum Gasteiger partial charge on any atom is -0.491 e. The Balaban J connectivity index is 1.85. The van der Waals surface area contributed by atoms with Crippen molar-refractivity contribution in [3.05, 3.63) is 29.8 Å². The van der Waals surface area contributed by atoms with Crippen LogP contribution in [-0.2, 0) is 11.2 Å². The minimum absolute atomic E-state index is 0.0812. The molecule has 3 heteroatoms. The second-order valence-corrected chi connectivity index (χ2v) is 5.47. The van der Waals surface area contributed by atoms with Crippen molar-refractivity contribution >= 4 is 0 Å². The van der Waals surface area contributed by atoms with Crippen molar-refractivity contribution in [2.45, 2.75) is 38.8 Å². The smallest absolute Gasteiger partial charge is 0.122 e. The van der Waals surface area contributed by atoms with Gasteiger partial charge in [-0.05, 0) is 31.9 Å². The van der Waals surface area contributed by atoms with Crippen molar-refractivity contribution in [1.29, 1.82) is 0 Å². The van der Waals surface area contributed by atoms with E-state index in [0.29, 0.717) is 6.61 Å². The van der Waals surface area contributed by atoms with Crippen LogP contribution in [0.15, 0.2) is 24.3 Å². The van der Waals surface area contributed by atoms with Crippen LogP contribution in [0.25, 0.3) is 0 Å². The average molecular weight is 249 g/mol. The molecule has 0 aromatic heterocycles. The molecule has 1 aromatic carbocycles. The molecule has 3 nitrogen and oxygen atoms in total. The predicted octanol–water partition coefficient (Wildman–Crippen LogP) is 2.39. The van der Waals surface area contributed by atoms with E-state index in [9.17, 15) is 0 Å². The highest BCUT2D eigenvalue weighted by molar-refractivity contribution is 5.33. The van der Waals surface area contributed by atoms with Gasteiger partial charge in [-0.1, -0.05) is 25.1 Å². The van der Waals surface area contributed by atoms with Gasteiger partial charge in [-0.25, -0.2) is 0 Å². The van der Waals surface area contributed by atoms with Crippen molar-refractivity contribution in [2.24, 2.45) is 0 Å². The molecule has 1 aromatic rings. The number of rotatable bonds is 4. The summed E-state index contributed by atoms with van der Waals surface area (Å²) >= 11 is 0. The first-order chi connectivity index (χ1) is 8.61. The van der Waals surface area contributed by atoms with Gasteiger partial charge < -0.3 is 14.8 Å². The van der Waals surface area contributed by atoms with E-state index in [2.05, 4.69) is 32.2 Å². The van der Waals surface area contributed by atoms with Crippen molar-refractivity contribution in [3.63, 3.8) is 0 Å². The second-order valence-electron chi connectivity index (χ2n) is 5.47. The van der Waals surface area contributed by atoms with Crippen molar-refractivity contribution in [3.8, 4) is 5.75 Å². The van der Waals surface area contributed by atoms with Gasteiger partial charge >= 0.3 is 0 Å². The quantitative estimate of drug-likeness (QED) is 0.889. The van der Waals surface area contributed by atoms with Crippen LogP contribution < -0.4 is 10.1 Å². The van der Waals surface area contributed by atoms with Gasteiger partial charge in [0.1, 0.15) is 18.5 Å². The highest BCUT2D eigenvalue weighted by atomic mass is 16.5. The van der Waals surface area contributed by atoms with E-state index in [1.54, 1.807) is 0 Å². The van der Waals surface area contributed by atoms with Crippen molar-refractivity contribution < 1.29 is 9.47 Å². The topological polar surface area (TPSA) is 30.5 Å². The lowest BCUT2D eigenvalue weighted by atomic mass is 10.1. The summed E-state index contributed by atoms with van der Waals surface area (Å²) < 4.78 is 11.7. The Morgan fingerprint density at radius 1 is 1.39 bits per heavy atom. The molecule has 0 aliphatic carbocycles. The summed E-state index contributed by atoms with van der Waals surface area (Å²) in [5.41, 5.74) is 1.33. The molecule has 0 saturated carbocycles. The SMILES string of the molecule is CCc1ccccc1OCC1CNC(C)(C)CO1. The number of para-hydroxylation sites is 1. The molecule has 1 heterocycles. The summed E-state index contributed by atoms with van der Waals surface area (Å²) in [7, 11) is 0. The highest BCUT2D eigenvalue weighted by Gasteiger charge is 2.27. The van der Waals surface area contributed by atoms with Gasteiger partial charge in [0.05, 0.1) is 6.61 Å². The first-order valence-corrected chi connectivity index (χ1v) is 6.68. The lowest BCUT2D eigenvalue weighted by Crippen LogP contribution is -2.54. The molecule has 18 heavy (non-hydrogen) atoms. The molecule has 0 amide bonds. The van der Waals surface area contributed by atoms with Crippen LogP contribution in [0.1, 0.15) is 26.3 Å². The van der Waals surface area contributed by atoms with Gasteiger partial charge in [0.25, 0.3) is 0 Å². The Morgan fingerprint density at radius 2 is 2.17 bits per heavy atom. The first kappa shape index (κ1) is 13.4. The van der Waals surface area contributed by atoms with Crippen LogP contribution in [0.4, 0.5) is 0 Å². The molecule has 1 unspecified atom stereocenters. The third-order valence-electron chi connectivity index (χ3n) is 3.27. The lowest BCUT2D eigenvalue weighted by Gasteiger charge is -2.35. The van der Waals surface area contributed by atoms with E-state index in [1.165, 1.54) is 5.56 Å². The largest absolute Gasteiger partial charge is 0.491 e. The fourth-order valence-electron chi connectivity index (χ4n) is 2.05. The molecule has 100 valence electrons. The molecule has 0 spiro atoms. The summed E-state index contributed by atoms with van der Waals surface area (Å²) in [5.74, 6) is 0.980. The van der Waals surface area contributed by atoms with Crippen molar-refractivity contribution in [1.82, 2.24) is 5.32 Å².